The van der Waals surface area contributed by atoms with E-state index in [0.29, 0.717) is 18.2 Å². The second kappa shape index (κ2) is 6.64. The molecule has 0 unspecified atom stereocenters. The number of anilines is 1. The monoisotopic (exact) mass is 335 g/mol. The number of rotatable bonds is 4. The number of benzene rings is 1. The van der Waals surface area contributed by atoms with Gasteiger partial charge in [0.25, 0.3) is 0 Å². The van der Waals surface area contributed by atoms with Crippen LogP contribution in [0, 0.1) is 11.8 Å². The lowest BCUT2D eigenvalue weighted by atomic mass is 9.95. The number of nitrogens with two attached hydrogens (primary N) is 1. The molecule has 0 saturated heterocycles. The molecule has 1 aliphatic carbocycles. The summed E-state index contributed by atoms with van der Waals surface area (Å²) in [4.78, 5) is 21.2. The molecular formula is C19H21N5O. The molecule has 0 spiro atoms. The fourth-order valence-corrected chi connectivity index (χ4v) is 3.59. The first-order valence-electron chi connectivity index (χ1n) is 8.65. The third-order valence-corrected chi connectivity index (χ3v) is 4.98. The Labute approximate surface area is 146 Å². The standard InChI is InChI=1S/C19H21N5O/c20-11-14-3-1-4-16(14)18(25)22-15-7-5-13(6-8-15)17-12-24-10-2-9-21-19(24)23-17/h2,5-10,12,14,16H,1,3-4,11,20H2,(H,22,25)/t14-,16-/m1/s1. The molecule has 2 atom stereocenters. The van der Waals surface area contributed by atoms with E-state index in [-0.39, 0.29) is 11.8 Å². The zero-order valence-electron chi connectivity index (χ0n) is 13.9. The van der Waals surface area contributed by atoms with E-state index in [1.54, 1.807) is 6.20 Å². The van der Waals surface area contributed by atoms with Crippen LogP contribution >= 0.6 is 0 Å². The van der Waals surface area contributed by atoms with Gasteiger partial charge in [0.1, 0.15) is 0 Å². The summed E-state index contributed by atoms with van der Waals surface area (Å²) < 4.78 is 1.89. The highest BCUT2D eigenvalue weighted by molar-refractivity contribution is 5.93. The Balaban J connectivity index is 1.49. The van der Waals surface area contributed by atoms with Crippen LogP contribution in [0.25, 0.3) is 17.0 Å². The number of carbonyl (C=O) groups excluding carboxylic acids is 1. The van der Waals surface area contributed by atoms with Crippen LogP contribution in [-0.4, -0.2) is 26.8 Å². The number of hydrogen-bond acceptors (Lipinski definition) is 4. The number of nitrogens with one attached hydrogen (secondary N) is 1. The number of aromatic nitrogens is 3. The van der Waals surface area contributed by atoms with Crippen LogP contribution in [-0.2, 0) is 4.79 Å². The molecule has 2 aromatic heterocycles. The number of imidazole rings is 1. The normalized spacial score (nSPS) is 20.0. The van der Waals surface area contributed by atoms with Gasteiger partial charge < -0.3 is 11.1 Å². The van der Waals surface area contributed by atoms with Crippen molar-refractivity contribution in [2.45, 2.75) is 19.3 Å². The molecule has 128 valence electrons. The highest BCUT2D eigenvalue weighted by Gasteiger charge is 2.31. The lowest BCUT2D eigenvalue weighted by molar-refractivity contribution is -0.120. The Kier molecular flexibility index (Phi) is 4.19. The summed E-state index contributed by atoms with van der Waals surface area (Å²) in [7, 11) is 0. The predicted octanol–water partition coefficient (Wildman–Crippen LogP) is 2.71. The van der Waals surface area contributed by atoms with Gasteiger partial charge >= 0.3 is 0 Å². The maximum Gasteiger partial charge on any atom is 0.234 e. The van der Waals surface area contributed by atoms with Crippen molar-refractivity contribution < 1.29 is 4.79 Å². The zero-order valence-corrected chi connectivity index (χ0v) is 13.9. The second-order valence-electron chi connectivity index (χ2n) is 6.55. The van der Waals surface area contributed by atoms with E-state index < -0.39 is 0 Å². The molecule has 2 heterocycles. The van der Waals surface area contributed by atoms with Crippen molar-refractivity contribution >= 4 is 17.4 Å². The Morgan fingerprint density at radius 2 is 2.12 bits per heavy atom. The minimum atomic E-state index is 0.0363. The fourth-order valence-electron chi connectivity index (χ4n) is 3.59. The maximum absolute atomic E-state index is 12.5. The van der Waals surface area contributed by atoms with Gasteiger partial charge in [0.05, 0.1) is 5.69 Å². The Morgan fingerprint density at radius 1 is 1.28 bits per heavy atom. The molecule has 6 nitrogen and oxygen atoms in total. The van der Waals surface area contributed by atoms with E-state index in [0.717, 1.165) is 36.2 Å². The van der Waals surface area contributed by atoms with Gasteiger partial charge in [0.15, 0.2) is 0 Å². The minimum Gasteiger partial charge on any atom is -0.330 e. The number of carbonyl (C=O) groups is 1. The van der Waals surface area contributed by atoms with E-state index in [1.165, 1.54) is 0 Å². The average molecular weight is 335 g/mol. The number of amides is 1. The lowest BCUT2D eigenvalue weighted by Gasteiger charge is -2.17. The van der Waals surface area contributed by atoms with Crippen molar-refractivity contribution in [2.24, 2.45) is 17.6 Å². The molecule has 1 amide bonds. The van der Waals surface area contributed by atoms with Crippen molar-refractivity contribution in [3.05, 3.63) is 48.9 Å². The van der Waals surface area contributed by atoms with Gasteiger partial charge in [-0.2, -0.15) is 0 Å². The molecule has 1 aromatic carbocycles. The largest absolute Gasteiger partial charge is 0.330 e. The maximum atomic E-state index is 12.5. The molecule has 0 radical (unpaired) electrons. The smallest absolute Gasteiger partial charge is 0.234 e. The third kappa shape index (κ3) is 3.13. The van der Waals surface area contributed by atoms with Gasteiger partial charge in [-0.05, 0) is 43.5 Å². The molecule has 25 heavy (non-hydrogen) atoms. The van der Waals surface area contributed by atoms with E-state index >= 15 is 0 Å². The van der Waals surface area contributed by atoms with Crippen LogP contribution in [0.15, 0.2) is 48.9 Å². The van der Waals surface area contributed by atoms with Crippen LogP contribution in [0.2, 0.25) is 0 Å². The van der Waals surface area contributed by atoms with Crippen LogP contribution < -0.4 is 11.1 Å². The van der Waals surface area contributed by atoms with Gasteiger partial charge in [-0.3, -0.25) is 9.20 Å². The summed E-state index contributed by atoms with van der Waals surface area (Å²) in [5, 5.41) is 3.02. The van der Waals surface area contributed by atoms with Gasteiger partial charge in [0, 0.05) is 35.8 Å². The minimum absolute atomic E-state index is 0.0363. The Morgan fingerprint density at radius 3 is 2.88 bits per heavy atom. The summed E-state index contributed by atoms with van der Waals surface area (Å²) in [6, 6.07) is 9.63. The molecule has 0 bridgehead atoms. The van der Waals surface area contributed by atoms with Crippen molar-refractivity contribution in [2.75, 3.05) is 11.9 Å². The van der Waals surface area contributed by atoms with Gasteiger partial charge in [-0.25, -0.2) is 9.97 Å². The lowest BCUT2D eigenvalue weighted by Crippen LogP contribution is -2.29. The van der Waals surface area contributed by atoms with Gasteiger partial charge in [-0.15, -0.1) is 0 Å². The zero-order chi connectivity index (χ0) is 17.2. The molecular weight excluding hydrogens is 314 g/mol. The van der Waals surface area contributed by atoms with E-state index in [4.69, 9.17) is 5.73 Å². The molecule has 4 rings (SSSR count). The summed E-state index contributed by atoms with van der Waals surface area (Å²) in [5.74, 6) is 1.10. The first-order valence-corrected chi connectivity index (χ1v) is 8.65. The first kappa shape index (κ1) is 15.8. The van der Waals surface area contributed by atoms with E-state index in [9.17, 15) is 4.79 Å². The van der Waals surface area contributed by atoms with Crippen molar-refractivity contribution in [3.63, 3.8) is 0 Å². The SMILES string of the molecule is NC[C@H]1CCC[C@H]1C(=O)Nc1ccc(-c2cn3cccnc3n2)cc1. The fraction of sp³-hybridized carbons (Fsp3) is 0.316. The molecule has 6 heteroatoms. The van der Waals surface area contributed by atoms with Crippen molar-refractivity contribution in [1.82, 2.24) is 14.4 Å². The van der Waals surface area contributed by atoms with Crippen LogP contribution in [0.5, 0.6) is 0 Å². The highest BCUT2D eigenvalue weighted by atomic mass is 16.1. The first-order chi connectivity index (χ1) is 12.2. The third-order valence-electron chi connectivity index (χ3n) is 4.98. The average Bonchev–Trinajstić information content (AvgIpc) is 3.28. The Hall–Kier alpha value is -2.73. The predicted molar refractivity (Wildman–Crippen MR) is 96.9 cm³/mol. The molecule has 3 N–H and O–H groups in total. The molecule has 1 saturated carbocycles. The van der Waals surface area contributed by atoms with E-state index in [1.807, 2.05) is 47.1 Å². The van der Waals surface area contributed by atoms with E-state index in [2.05, 4.69) is 15.3 Å². The van der Waals surface area contributed by atoms with Gasteiger partial charge in [0.2, 0.25) is 11.7 Å². The van der Waals surface area contributed by atoms with Crippen LogP contribution in [0.4, 0.5) is 5.69 Å². The second-order valence-corrected chi connectivity index (χ2v) is 6.55. The molecule has 1 fully saturated rings. The summed E-state index contributed by atoms with van der Waals surface area (Å²) in [5.41, 5.74) is 8.43. The van der Waals surface area contributed by atoms with Crippen LogP contribution in [0.3, 0.4) is 0 Å². The Bertz CT molecular complexity index is 853. The topological polar surface area (TPSA) is 85.3 Å². The molecule has 3 aromatic rings. The quantitative estimate of drug-likeness (QED) is 0.767. The van der Waals surface area contributed by atoms with Gasteiger partial charge in [-0.1, -0.05) is 18.6 Å². The van der Waals surface area contributed by atoms with Crippen molar-refractivity contribution in [3.8, 4) is 11.3 Å². The molecule has 0 aliphatic heterocycles. The summed E-state index contributed by atoms with van der Waals surface area (Å²) >= 11 is 0. The number of nitrogens with zero attached hydrogens (tertiary/aromatic N) is 3. The summed E-state index contributed by atoms with van der Waals surface area (Å²) in [6.07, 6.45) is 8.65. The molecule has 1 aliphatic rings. The van der Waals surface area contributed by atoms with Crippen LogP contribution in [0.1, 0.15) is 19.3 Å². The highest BCUT2D eigenvalue weighted by Crippen LogP contribution is 2.32. The summed E-state index contributed by atoms with van der Waals surface area (Å²) in [6.45, 7) is 0.582. The number of hydrogen-bond donors (Lipinski definition) is 2. The number of fused-ring (bicyclic) bond motifs is 1. The van der Waals surface area contributed by atoms with Crippen molar-refractivity contribution in [1.29, 1.82) is 0 Å².